The number of aliphatic hydroxyl groups excluding tert-OH is 2. The van der Waals surface area contributed by atoms with Crippen LogP contribution in [-0.4, -0.2) is 44.0 Å². The minimum absolute atomic E-state index is 0.104. The topological polar surface area (TPSA) is 139 Å². The highest BCUT2D eigenvalue weighted by Crippen LogP contribution is 2.44. The second-order valence-electron chi connectivity index (χ2n) is 7.95. The quantitative estimate of drug-likeness (QED) is 0.392. The lowest BCUT2D eigenvalue weighted by molar-refractivity contribution is 0.0185. The monoisotopic (exact) mass is 502 g/mol. The van der Waals surface area contributed by atoms with Crippen molar-refractivity contribution in [2.75, 3.05) is 13.2 Å². The number of ether oxygens (including phenoxy) is 1. The Morgan fingerprint density at radius 1 is 1.03 bits per heavy atom. The zero-order valence-electron chi connectivity index (χ0n) is 17.9. The second-order valence-corrected chi connectivity index (χ2v) is 9.89. The van der Waals surface area contributed by atoms with Crippen LogP contribution in [0.3, 0.4) is 0 Å². The number of halogens is 1. The number of carbonyl (C=O) groups is 1. The first-order valence-corrected chi connectivity index (χ1v) is 12.4. The summed E-state index contributed by atoms with van der Waals surface area (Å²) in [5.74, 6) is -0.104. The van der Waals surface area contributed by atoms with Gasteiger partial charge in [0.05, 0.1) is 5.02 Å². The van der Waals surface area contributed by atoms with E-state index in [4.69, 9.17) is 21.5 Å². The van der Waals surface area contributed by atoms with Gasteiger partial charge in [-0.15, -0.1) is 0 Å². The van der Waals surface area contributed by atoms with Crippen molar-refractivity contribution in [1.82, 2.24) is 5.32 Å². The van der Waals surface area contributed by atoms with Crippen LogP contribution in [0.15, 0.2) is 71.6 Å². The standard InChI is InChI=1S/C24H23ClN2O6S/c25-20-11-14(9-10-22(20)34(26,31)32)23(29)21(28)12-27-24(30)33-13-19-17-7-3-1-5-15(17)16-6-2-4-8-18(16)19/h1-11,19,21,23,28-29H,12-13H2,(H,27,30)(H2,26,31,32). The summed E-state index contributed by atoms with van der Waals surface area (Å²) in [5, 5.41) is 27.9. The van der Waals surface area contributed by atoms with Crippen molar-refractivity contribution >= 4 is 27.7 Å². The predicted molar refractivity (Wildman–Crippen MR) is 127 cm³/mol. The summed E-state index contributed by atoms with van der Waals surface area (Å²) < 4.78 is 28.3. The van der Waals surface area contributed by atoms with Gasteiger partial charge in [0.15, 0.2) is 0 Å². The Hall–Kier alpha value is -2.95. The number of nitrogens with one attached hydrogen (secondary N) is 1. The maximum atomic E-state index is 12.3. The van der Waals surface area contributed by atoms with Crippen molar-refractivity contribution < 1.29 is 28.2 Å². The number of benzene rings is 3. The van der Waals surface area contributed by atoms with Crippen molar-refractivity contribution in [3.8, 4) is 11.1 Å². The van der Waals surface area contributed by atoms with Crippen LogP contribution in [0.4, 0.5) is 4.79 Å². The summed E-state index contributed by atoms with van der Waals surface area (Å²) in [4.78, 5) is 12.0. The molecule has 8 nitrogen and oxygen atoms in total. The Balaban J connectivity index is 1.34. The third kappa shape index (κ3) is 4.94. The number of alkyl carbamates (subject to hydrolysis) is 1. The fourth-order valence-electron chi connectivity index (χ4n) is 4.10. The van der Waals surface area contributed by atoms with Gasteiger partial charge in [0.25, 0.3) is 0 Å². The highest BCUT2D eigenvalue weighted by atomic mass is 35.5. The number of aliphatic hydroxyl groups is 2. The molecule has 0 radical (unpaired) electrons. The van der Waals surface area contributed by atoms with E-state index in [0.717, 1.165) is 28.3 Å². The molecule has 3 aromatic carbocycles. The molecule has 10 heteroatoms. The molecule has 1 amide bonds. The molecule has 34 heavy (non-hydrogen) atoms. The number of primary sulfonamides is 1. The molecule has 0 saturated carbocycles. The maximum absolute atomic E-state index is 12.3. The van der Waals surface area contributed by atoms with Gasteiger partial charge in [0, 0.05) is 12.5 Å². The van der Waals surface area contributed by atoms with Crippen LogP contribution in [0, 0.1) is 0 Å². The van der Waals surface area contributed by atoms with E-state index in [1.54, 1.807) is 0 Å². The molecule has 0 aromatic heterocycles. The number of nitrogens with two attached hydrogens (primary N) is 1. The van der Waals surface area contributed by atoms with E-state index in [9.17, 15) is 23.4 Å². The summed E-state index contributed by atoms with van der Waals surface area (Å²) in [6.07, 6.45) is -3.56. The van der Waals surface area contributed by atoms with Gasteiger partial charge >= 0.3 is 6.09 Å². The number of hydrogen-bond donors (Lipinski definition) is 4. The summed E-state index contributed by atoms with van der Waals surface area (Å²) >= 11 is 5.92. The Kier molecular flexibility index (Phi) is 6.92. The Labute approximate surface area is 202 Å². The number of amides is 1. The van der Waals surface area contributed by atoms with E-state index < -0.39 is 28.3 Å². The lowest BCUT2D eigenvalue weighted by Gasteiger charge is -2.20. The van der Waals surface area contributed by atoms with Gasteiger partial charge in [-0.1, -0.05) is 66.2 Å². The largest absolute Gasteiger partial charge is 0.449 e. The molecule has 0 saturated heterocycles. The molecule has 0 spiro atoms. The molecular formula is C24H23ClN2O6S. The molecule has 0 bridgehead atoms. The zero-order valence-corrected chi connectivity index (χ0v) is 19.5. The SMILES string of the molecule is NS(=O)(=O)c1ccc(C(O)C(O)CNC(=O)OCC2c3ccccc3-c3ccccc32)cc1Cl. The van der Waals surface area contributed by atoms with Crippen LogP contribution in [0.1, 0.15) is 28.7 Å². The fourth-order valence-corrected chi connectivity index (χ4v) is 5.20. The molecule has 5 N–H and O–H groups in total. The normalized spacial score (nSPS) is 14.7. The first-order valence-electron chi connectivity index (χ1n) is 10.4. The lowest BCUT2D eigenvalue weighted by Crippen LogP contribution is -2.36. The number of rotatable bonds is 7. The van der Waals surface area contributed by atoms with Gasteiger partial charge < -0.3 is 20.3 Å². The van der Waals surface area contributed by atoms with Crippen LogP contribution >= 0.6 is 11.6 Å². The van der Waals surface area contributed by atoms with E-state index in [2.05, 4.69) is 5.32 Å². The average Bonchev–Trinajstić information content (AvgIpc) is 3.13. The van der Waals surface area contributed by atoms with E-state index in [0.29, 0.717) is 0 Å². The maximum Gasteiger partial charge on any atom is 0.407 e. The Bertz CT molecular complexity index is 1290. The van der Waals surface area contributed by atoms with Crippen molar-refractivity contribution in [3.63, 3.8) is 0 Å². The molecule has 0 fully saturated rings. The lowest BCUT2D eigenvalue weighted by atomic mass is 9.98. The molecule has 2 atom stereocenters. The molecule has 4 rings (SSSR count). The summed E-state index contributed by atoms with van der Waals surface area (Å²) in [7, 11) is -4.02. The summed E-state index contributed by atoms with van der Waals surface area (Å²) in [5.41, 5.74) is 4.54. The van der Waals surface area contributed by atoms with Gasteiger partial charge in [0.1, 0.15) is 23.7 Å². The van der Waals surface area contributed by atoms with Crippen LogP contribution in [0.25, 0.3) is 11.1 Å². The Morgan fingerprint density at radius 3 is 2.18 bits per heavy atom. The number of carbonyl (C=O) groups excluding carboxylic acids is 1. The molecular weight excluding hydrogens is 480 g/mol. The van der Waals surface area contributed by atoms with E-state index >= 15 is 0 Å². The minimum Gasteiger partial charge on any atom is -0.449 e. The van der Waals surface area contributed by atoms with Crippen LogP contribution in [0.5, 0.6) is 0 Å². The molecule has 2 unspecified atom stereocenters. The first-order chi connectivity index (χ1) is 16.2. The first kappa shape index (κ1) is 24.2. The average molecular weight is 503 g/mol. The number of sulfonamides is 1. The molecule has 0 heterocycles. The van der Waals surface area contributed by atoms with Crippen molar-refractivity contribution in [2.24, 2.45) is 5.14 Å². The Morgan fingerprint density at radius 2 is 1.62 bits per heavy atom. The molecule has 0 aliphatic heterocycles. The van der Waals surface area contributed by atoms with Gasteiger partial charge in [-0.05, 0) is 39.9 Å². The van der Waals surface area contributed by atoms with Gasteiger partial charge in [0.2, 0.25) is 10.0 Å². The van der Waals surface area contributed by atoms with Crippen molar-refractivity contribution in [2.45, 2.75) is 23.0 Å². The molecule has 1 aliphatic rings. The second kappa shape index (κ2) is 9.73. The van der Waals surface area contributed by atoms with Crippen LogP contribution < -0.4 is 10.5 Å². The van der Waals surface area contributed by atoms with Crippen LogP contribution in [0.2, 0.25) is 5.02 Å². The van der Waals surface area contributed by atoms with Crippen molar-refractivity contribution in [1.29, 1.82) is 0 Å². The van der Waals surface area contributed by atoms with Gasteiger partial charge in [-0.25, -0.2) is 18.4 Å². The zero-order chi connectivity index (χ0) is 24.5. The third-order valence-electron chi connectivity index (χ3n) is 5.77. The summed E-state index contributed by atoms with van der Waals surface area (Å²) in [6.45, 7) is -0.185. The van der Waals surface area contributed by atoms with Crippen LogP contribution in [-0.2, 0) is 14.8 Å². The van der Waals surface area contributed by atoms with Gasteiger partial charge in [-0.2, -0.15) is 0 Å². The molecule has 178 valence electrons. The number of hydrogen-bond acceptors (Lipinski definition) is 6. The smallest absolute Gasteiger partial charge is 0.407 e. The number of fused-ring (bicyclic) bond motifs is 3. The molecule has 3 aromatic rings. The van der Waals surface area contributed by atoms with Crippen molar-refractivity contribution in [3.05, 3.63) is 88.4 Å². The third-order valence-corrected chi connectivity index (χ3v) is 7.16. The van der Waals surface area contributed by atoms with E-state index in [1.807, 2.05) is 48.5 Å². The highest BCUT2D eigenvalue weighted by Gasteiger charge is 2.29. The molecule has 1 aliphatic carbocycles. The minimum atomic E-state index is -4.02. The summed E-state index contributed by atoms with van der Waals surface area (Å²) in [6, 6.07) is 19.5. The van der Waals surface area contributed by atoms with Gasteiger partial charge in [-0.3, -0.25) is 0 Å². The fraction of sp³-hybridized carbons (Fsp3) is 0.208. The predicted octanol–water partition coefficient (Wildman–Crippen LogP) is 2.92. The highest BCUT2D eigenvalue weighted by molar-refractivity contribution is 7.89. The van der Waals surface area contributed by atoms with E-state index in [-0.39, 0.29) is 34.6 Å². The van der Waals surface area contributed by atoms with E-state index in [1.165, 1.54) is 12.1 Å².